The summed E-state index contributed by atoms with van der Waals surface area (Å²) < 4.78 is 0. The van der Waals surface area contributed by atoms with Gasteiger partial charge in [-0.05, 0) is 55.0 Å². The maximum absolute atomic E-state index is 13.7. The maximum atomic E-state index is 13.7. The van der Waals surface area contributed by atoms with Crippen LogP contribution in [0.5, 0.6) is 0 Å². The number of nitrogens with zero attached hydrogens (tertiary/aromatic N) is 3. The van der Waals surface area contributed by atoms with E-state index in [-0.39, 0.29) is 11.4 Å². The molecule has 2 saturated heterocycles. The van der Waals surface area contributed by atoms with Gasteiger partial charge in [-0.15, -0.1) is 0 Å². The van der Waals surface area contributed by atoms with Crippen LogP contribution in [0.25, 0.3) is 0 Å². The van der Waals surface area contributed by atoms with Crippen LogP contribution in [0.4, 0.5) is 5.69 Å². The van der Waals surface area contributed by atoms with Crippen molar-refractivity contribution in [3.05, 3.63) is 114 Å². The van der Waals surface area contributed by atoms with Crippen molar-refractivity contribution < 1.29 is 19.2 Å². The topological polar surface area (TPSA) is 91.3 Å². The highest BCUT2D eigenvalue weighted by Gasteiger charge is 2.32. The zero-order valence-electron chi connectivity index (χ0n) is 20.8. The van der Waals surface area contributed by atoms with Crippen LogP contribution in [0.3, 0.4) is 0 Å². The molecule has 2 aliphatic heterocycles. The minimum absolute atomic E-state index is 0.0584. The molecule has 0 aromatic heterocycles. The Labute approximate surface area is 221 Å². The van der Waals surface area contributed by atoms with Gasteiger partial charge < -0.3 is 9.74 Å². The number of rotatable bonds is 6. The van der Waals surface area contributed by atoms with E-state index in [4.69, 9.17) is 4.84 Å². The number of para-hydroxylation sites is 1. The van der Waals surface area contributed by atoms with Crippen LogP contribution >= 0.6 is 0 Å². The Morgan fingerprint density at radius 1 is 0.895 bits per heavy atom. The Balaban J connectivity index is 1.40. The summed E-state index contributed by atoms with van der Waals surface area (Å²) in [6.45, 7) is 1.09. The first-order valence-corrected chi connectivity index (χ1v) is 12.6. The van der Waals surface area contributed by atoms with Crippen molar-refractivity contribution in [1.29, 1.82) is 0 Å². The number of hydrogen-bond acceptors (Lipinski definition) is 6. The lowest BCUT2D eigenvalue weighted by atomic mass is 9.90. The summed E-state index contributed by atoms with van der Waals surface area (Å²) in [5.74, 6) is -1.17. The lowest BCUT2D eigenvalue weighted by molar-refractivity contribution is -0.140. The largest absolute Gasteiger partial charge is 0.376 e. The summed E-state index contributed by atoms with van der Waals surface area (Å²) in [5, 5.41) is 1.42. The van der Waals surface area contributed by atoms with Gasteiger partial charge in [0.05, 0.1) is 5.69 Å². The van der Waals surface area contributed by atoms with Crippen molar-refractivity contribution in [2.24, 2.45) is 10.9 Å². The first-order chi connectivity index (χ1) is 18.6. The second-order valence-corrected chi connectivity index (χ2v) is 9.27. The SMILES string of the molecule is O=C1ONN(c2ccccc2)/C1=C/C(=NC(=O)c1ccccc1)C(=O)N1CCC(Cc2ccccc2)CC1. The number of likely N-dealkylation sites (tertiary alicyclic amines) is 1. The van der Waals surface area contributed by atoms with Gasteiger partial charge in [-0.3, -0.25) is 9.59 Å². The zero-order valence-corrected chi connectivity index (χ0v) is 20.8. The highest BCUT2D eigenvalue weighted by molar-refractivity contribution is 6.45. The van der Waals surface area contributed by atoms with E-state index in [0.29, 0.717) is 30.3 Å². The molecule has 0 unspecified atom stereocenters. The van der Waals surface area contributed by atoms with Gasteiger partial charge in [0.2, 0.25) is 0 Å². The molecule has 38 heavy (non-hydrogen) atoms. The fourth-order valence-corrected chi connectivity index (χ4v) is 4.65. The molecule has 1 N–H and O–H groups in total. The molecule has 2 aliphatic rings. The molecule has 192 valence electrons. The third kappa shape index (κ3) is 5.87. The van der Waals surface area contributed by atoms with E-state index >= 15 is 0 Å². The number of hydrazine groups is 1. The monoisotopic (exact) mass is 508 g/mol. The van der Waals surface area contributed by atoms with Crippen molar-refractivity contribution in [3.8, 4) is 0 Å². The number of anilines is 1. The maximum Gasteiger partial charge on any atom is 0.376 e. The number of carbonyl (C=O) groups excluding carboxylic acids is 3. The normalized spacial score (nSPS) is 17.5. The molecular formula is C30H28N4O4. The third-order valence-corrected chi connectivity index (χ3v) is 6.70. The Morgan fingerprint density at radius 2 is 1.50 bits per heavy atom. The summed E-state index contributed by atoms with van der Waals surface area (Å²) in [4.78, 5) is 50.2. The highest BCUT2D eigenvalue weighted by Crippen LogP contribution is 2.24. The van der Waals surface area contributed by atoms with Gasteiger partial charge in [0.25, 0.3) is 11.8 Å². The molecule has 0 aliphatic carbocycles. The first kappa shape index (κ1) is 25.1. The molecule has 0 atom stereocenters. The summed E-state index contributed by atoms with van der Waals surface area (Å²) in [6, 6.07) is 27.9. The molecule has 2 amide bonds. The Hall–Kier alpha value is -4.56. The predicted octanol–water partition coefficient (Wildman–Crippen LogP) is 4.12. The number of hydrogen-bond donors (Lipinski definition) is 1. The van der Waals surface area contributed by atoms with Crippen molar-refractivity contribution in [1.82, 2.24) is 10.5 Å². The first-order valence-electron chi connectivity index (χ1n) is 12.6. The second kappa shape index (κ2) is 11.7. The van der Waals surface area contributed by atoms with Gasteiger partial charge in [0.15, 0.2) is 5.70 Å². The molecule has 0 spiro atoms. The van der Waals surface area contributed by atoms with Crippen LogP contribution in [0, 0.1) is 5.92 Å². The van der Waals surface area contributed by atoms with Crippen LogP contribution in [0.1, 0.15) is 28.8 Å². The van der Waals surface area contributed by atoms with Crippen molar-refractivity contribution in [2.45, 2.75) is 19.3 Å². The lowest BCUT2D eigenvalue weighted by Gasteiger charge is -2.32. The van der Waals surface area contributed by atoms with Crippen molar-refractivity contribution >= 4 is 29.2 Å². The molecule has 2 fully saturated rings. The smallest absolute Gasteiger partial charge is 0.345 e. The summed E-state index contributed by atoms with van der Waals surface area (Å²) in [6.07, 6.45) is 3.98. The Bertz CT molecular complexity index is 1350. The van der Waals surface area contributed by atoms with E-state index in [1.807, 2.05) is 36.4 Å². The standard InChI is InChI=1S/C30H28N4O4/c35-28(24-12-6-2-7-13-24)31-26(21-27-30(37)38-32-34(27)25-14-8-3-9-15-25)29(36)33-18-16-23(17-19-33)20-22-10-4-1-5-11-22/h1-15,21,23,32H,16-20H2/b27-21+,31-26?. The number of nitrogens with one attached hydrogen (secondary N) is 1. The van der Waals surface area contributed by atoms with Crippen LogP contribution < -0.4 is 10.6 Å². The van der Waals surface area contributed by atoms with E-state index in [1.54, 1.807) is 47.4 Å². The molecule has 0 bridgehead atoms. The fraction of sp³-hybridized carbons (Fsp3) is 0.200. The number of piperidine rings is 1. The van der Waals surface area contributed by atoms with Gasteiger partial charge in [-0.2, -0.15) is 0 Å². The lowest BCUT2D eigenvalue weighted by Crippen LogP contribution is -2.42. The Morgan fingerprint density at radius 3 is 2.16 bits per heavy atom. The number of amides is 2. The van der Waals surface area contributed by atoms with Crippen LogP contribution in [-0.2, 0) is 20.8 Å². The minimum Gasteiger partial charge on any atom is -0.345 e. The molecule has 5 rings (SSSR count). The van der Waals surface area contributed by atoms with Crippen LogP contribution in [0.2, 0.25) is 0 Å². The minimum atomic E-state index is -0.678. The number of aliphatic imine (C=N–C) groups is 1. The summed E-state index contributed by atoms with van der Waals surface area (Å²) in [7, 11) is 0. The fourth-order valence-electron chi connectivity index (χ4n) is 4.65. The van der Waals surface area contributed by atoms with Crippen LogP contribution in [-0.4, -0.2) is 41.5 Å². The van der Waals surface area contributed by atoms with Gasteiger partial charge in [0, 0.05) is 24.7 Å². The van der Waals surface area contributed by atoms with E-state index in [0.717, 1.165) is 19.3 Å². The second-order valence-electron chi connectivity index (χ2n) is 9.27. The van der Waals surface area contributed by atoms with Gasteiger partial charge in [0.1, 0.15) is 5.71 Å². The highest BCUT2D eigenvalue weighted by atomic mass is 16.7. The quantitative estimate of drug-likeness (QED) is 0.398. The molecule has 8 heteroatoms. The van der Waals surface area contributed by atoms with Crippen molar-refractivity contribution in [3.63, 3.8) is 0 Å². The Kier molecular flexibility index (Phi) is 7.70. The van der Waals surface area contributed by atoms with Crippen molar-refractivity contribution in [2.75, 3.05) is 18.1 Å². The number of benzene rings is 3. The van der Waals surface area contributed by atoms with Gasteiger partial charge in [-0.1, -0.05) is 72.3 Å². The molecule has 0 saturated carbocycles. The predicted molar refractivity (Wildman–Crippen MR) is 144 cm³/mol. The van der Waals surface area contributed by atoms with Gasteiger partial charge >= 0.3 is 5.97 Å². The van der Waals surface area contributed by atoms with E-state index in [1.165, 1.54) is 16.6 Å². The van der Waals surface area contributed by atoms with E-state index in [2.05, 4.69) is 22.7 Å². The zero-order chi connectivity index (χ0) is 26.3. The molecule has 3 aromatic carbocycles. The molecule has 3 aromatic rings. The van der Waals surface area contributed by atoms with Gasteiger partial charge in [-0.25, -0.2) is 14.8 Å². The van der Waals surface area contributed by atoms with E-state index < -0.39 is 17.8 Å². The summed E-state index contributed by atoms with van der Waals surface area (Å²) >= 11 is 0. The average molecular weight is 509 g/mol. The summed E-state index contributed by atoms with van der Waals surface area (Å²) in [5.41, 5.74) is 4.77. The molecule has 0 radical (unpaired) electrons. The third-order valence-electron chi connectivity index (χ3n) is 6.70. The molecule has 2 heterocycles. The molecular weight excluding hydrogens is 480 g/mol. The van der Waals surface area contributed by atoms with E-state index in [9.17, 15) is 14.4 Å². The number of carbonyl (C=O) groups is 3. The average Bonchev–Trinajstić information content (AvgIpc) is 3.33. The van der Waals surface area contributed by atoms with Crippen LogP contribution in [0.15, 0.2) is 108 Å². The molecule has 8 nitrogen and oxygen atoms in total.